The maximum Gasteiger partial charge on any atom is 0.317 e. The van der Waals surface area contributed by atoms with Gasteiger partial charge in [-0.1, -0.05) is 54.6 Å². The van der Waals surface area contributed by atoms with Gasteiger partial charge in [-0.2, -0.15) is 0 Å². The van der Waals surface area contributed by atoms with E-state index >= 15 is 0 Å². The second-order valence-electron chi connectivity index (χ2n) is 12.7. The van der Waals surface area contributed by atoms with Gasteiger partial charge in [0.25, 0.3) is 0 Å². The van der Waals surface area contributed by atoms with Crippen LogP contribution in [-0.4, -0.2) is 156 Å². The summed E-state index contributed by atoms with van der Waals surface area (Å²) in [5.74, 6) is -3.14. The molecule has 0 radical (unpaired) electrons. The van der Waals surface area contributed by atoms with E-state index in [0.717, 1.165) is 23.1 Å². The normalized spacial score (nSPS) is 16.3. The molecule has 1 heterocycles. The molecule has 0 spiro atoms. The Morgan fingerprint density at radius 3 is 1.47 bits per heavy atom. The number of hydrogen-bond acceptors (Lipinski definition) is 11. The van der Waals surface area contributed by atoms with Gasteiger partial charge in [0, 0.05) is 98.7 Å². The second-order valence-corrected chi connectivity index (χ2v) is 12.7. The predicted molar refractivity (Wildman–Crippen MR) is 186 cm³/mol. The van der Waals surface area contributed by atoms with Gasteiger partial charge in [0.15, 0.2) is 5.78 Å². The molecule has 282 valence electrons. The number of carboxylic acids is 3. The first-order valence-electron chi connectivity index (χ1n) is 17.0. The zero-order valence-corrected chi connectivity index (χ0v) is 31.3. The van der Waals surface area contributed by atoms with E-state index in [0.29, 0.717) is 71.6 Å². The zero-order valence-electron chi connectivity index (χ0n) is 29.0. The first-order valence-corrected chi connectivity index (χ1v) is 17.0. The number of benzene rings is 2. The molecular weight excluding hydrogens is 804 g/mol. The van der Waals surface area contributed by atoms with E-state index in [9.17, 15) is 39.3 Å². The van der Waals surface area contributed by atoms with Crippen LogP contribution in [-0.2, 0) is 48.2 Å². The largest absolute Gasteiger partial charge is 0.480 e. The van der Waals surface area contributed by atoms with Crippen LogP contribution in [0.4, 0.5) is 0 Å². The van der Waals surface area contributed by atoms with Crippen molar-refractivity contribution >= 4 is 29.5 Å². The van der Waals surface area contributed by atoms with Crippen molar-refractivity contribution in [3.8, 4) is 0 Å². The molecular formula is C36H51GdN5O9. The fourth-order valence-electron chi connectivity index (χ4n) is 5.70. The first-order chi connectivity index (χ1) is 24.0. The van der Waals surface area contributed by atoms with Crippen LogP contribution >= 0.6 is 0 Å². The van der Waals surface area contributed by atoms with Gasteiger partial charge >= 0.3 is 17.9 Å². The Labute approximate surface area is 331 Å². The molecule has 5 N–H and O–H groups in total. The Hall–Kier alpha value is -2.73. The number of rotatable bonds is 19. The van der Waals surface area contributed by atoms with Crippen molar-refractivity contribution in [2.24, 2.45) is 5.73 Å². The molecule has 1 aliphatic rings. The fraction of sp³-hybridized carbons (Fsp3) is 0.528. The Balaban J connectivity index is 0.00000901. The number of carboxylic acid groups (broad SMARTS) is 3. The zero-order chi connectivity index (χ0) is 36.3. The molecule has 2 aromatic carbocycles. The molecule has 0 amide bonds. The number of ether oxygens (including phenoxy) is 1. The van der Waals surface area contributed by atoms with Crippen LogP contribution in [0.3, 0.4) is 0 Å². The minimum Gasteiger partial charge on any atom is -0.480 e. The van der Waals surface area contributed by atoms with Gasteiger partial charge in [-0.25, -0.2) is 0 Å². The van der Waals surface area contributed by atoms with Crippen LogP contribution in [0.5, 0.6) is 0 Å². The summed E-state index contributed by atoms with van der Waals surface area (Å²) in [7, 11) is 0. The standard InChI is InChI=1S/C36H51N5O9.Gd/c37-32(13-11-28-4-2-1-3-5-28)33(43)27-50-26-30-8-6-29(7-9-30)10-12-31(42)22-38-14-16-39(23-34(44)45)18-20-41(25-36(48)49)21-19-40(17-15-38)24-35(46)47;/h1-9,32H,10-27,37H2,(H,44,45)(H,46,47)(H,48,49);/t32-;/m1./s1. The number of hydrogen-bond donors (Lipinski definition) is 4. The van der Waals surface area contributed by atoms with Crippen LogP contribution in [0.25, 0.3) is 0 Å². The summed E-state index contributed by atoms with van der Waals surface area (Å²) < 4.78 is 5.62. The van der Waals surface area contributed by atoms with Crippen molar-refractivity contribution in [1.29, 1.82) is 0 Å². The summed E-state index contributed by atoms with van der Waals surface area (Å²) in [5, 5.41) is 28.2. The molecule has 3 rings (SSSR count). The van der Waals surface area contributed by atoms with Gasteiger partial charge in [0.05, 0.1) is 38.8 Å². The molecule has 1 saturated heterocycles. The number of ketones is 2. The van der Waals surface area contributed by atoms with Crippen molar-refractivity contribution in [3.63, 3.8) is 0 Å². The van der Waals surface area contributed by atoms with Crippen molar-refractivity contribution in [2.45, 2.75) is 38.3 Å². The van der Waals surface area contributed by atoms with E-state index < -0.39 is 23.9 Å². The molecule has 0 saturated carbocycles. The molecule has 0 bridgehead atoms. The van der Waals surface area contributed by atoms with Gasteiger partial charge in [-0.05, 0) is 36.0 Å². The third-order valence-electron chi connectivity index (χ3n) is 8.64. The van der Waals surface area contributed by atoms with Gasteiger partial charge < -0.3 is 25.8 Å². The van der Waals surface area contributed by atoms with Crippen molar-refractivity contribution in [1.82, 2.24) is 19.6 Å². The Morgan fingerprint density at radius 1 is 0.608 bits per heavy atom. The minimum absolute atomic E-state index is 0. The maximum atomic E-state index is 13.1. The quantitative estimate of drug-likeness (QED) is 0.154. The number of nitrogens with two attached hydrogens (primary N) is 1. The van der Waals surface area contributed by atoms with E-state index in [2.05, 4.69) is 0 Å². The molecule has 51 heavy (non-hydrogen) atoms. The number of carbonyl (C=O) groups is 5. The summed E-state index contributed by atoms with van der Waals surface area (Å²) in [6, 6.07) is 17.0. The van der Waals surface area contributed by atoms with Crippen LogP contribution in [0.1, 0.15) is 29.5 Å². The summed E-state index contributed by atoms with van der Waals surface area (Å²) >= 11 is 0. The monoisotopic (exact) mass is 855 g/mol. The van der Waals surface area contributed by atoms with Gasteiger partial charge in [-0.15, -0.1) is 0 Å². The van der Waals surface area contributed by atoms with E-state index in [1.54, 1.807) is 14.7 Å². The fourth-order valence-corrected chi connectivity index (χ4v) is 5.70. The Kier molecular flexibility index (Phi) is 21.3. The average molecular weight is 855 g/mol. The van der Waals surface area contributed by atoms with E-state index in [4.69, 9.17) is 10.5 Å². The van der Waals surface area contributed by atoms with E-state index in [-0.39, 0.29) is 90.9 Å². The number of nitrogens with zero attached hydrogens (tertiary/aromatic N) is 4. The third kappa shape index (κ3) is 19.1. The molecule has 1 fully saturated rings. The molecule has 15 heteroatoms. The summed E-state index contributed by atoms with van der Waals surface area (Å²) in [5.41, 5.74) is 9.06. The average Bonchev–Trinajstić information content (AvgIpc) is 3.07. The molecule has 1 atom stereocenters. The number of Topliss-reactive ketones (excluding diaryl/α,β-unsaturated/α-hetero) is 2. The van der Waals surface area contributed by atoms with Crippen LogP contribution < -0.4 is 5.73 Å². The molecule has 14 nitrogen and oxygen atoms in total. The molecule has 0 aliphatic carbocycles. The van der Waals surface area contributed by atoms with Crippen molar-refractivity contribution in [2.75, 3.05) is 85.1 Å². The van der Waals surface area contributed by atoms with Crippen LogP contribution in [0.2, 0.25) is 0 Å². The SMILES string of the molecule is N[C@H](CCc1ccccc1)C(=O)COCc1ccc(CCC(=O)CN2CCN(CC(=O)O)CCN(CC(=O)O)CCN(CC(=O)O)CC2)cc1.[Gd]. The van der Waals surface area contributed by atoms with Crippen molar-refractivity contribution in [3.05, 3.63) is 71.3 Å². The molecule has 0 aromatic heterocycles. The molecule has 2 aromatic rings. The van der Waals surface area contributed by atoms with Crippen LogP contribution in [0.15, 0.2) is 54.6 Å². The minimum atomic E-state index is -1.01. The van der Waals surface area contributed by atoms with Gasteiger partial charge in [0.1, 0.15) is 12.4 Å². The predicted octanol–water partition coefficient (Wildman–Crippen LogP) is 0.710. The Bertz CT molecular complexity index is 1350. The number of aryl methyl sites for hydroxylation is 2. The second kappa shape index (κ2) is 24.5. The van der Waals surface area contributed by atoms with Gasteiger partial charge in [-0.3, -0.25) is 43.6 Å². The smallest absolute Gasteiger partial charge is 0.317 e. The summed E-state index contributed by atoms with van der Waals surface area (Å²) in [4.78, 5) is 67.0. The molecule has 1 aliphatic heterocycles. The van der Waals surface area contributed by atoms with Gasteiger partial charge in [0.2, 0.25) is 0 Å². The van der Waals surface area contributed by atoms with E-state index in [1.165, 1.54) is 0 Å². The topological polar surface area (TPSA) is 194 Å². The van der Waals surface area contributed by atoms with E-state index in [1.807, 2.05) is 59.5 Å². The first kappa shape index (κ1) is 44.4. The number of carbonyl (C=O) groups excluding carboxylic acids is 2. The Morgan fingerprint density at radius 2 is 1.02 bits per heavy atom. The molecule has 0 unspecified atom stereocenters. The maximum absolute atomic E-state index is 13.1. The number of aliphatic carboxylic acids is 3. The third-order valence-corrected chi connectivity index (χ3v) is 8.64. The summed E-state index contributed by atoms with van der Waals surface area (Å²) in [6.45, 7) is 2.45. The van der Waals surface area contributed by atoms with Crippen molar-refractivity contribution < 1.29 is 84.0 Å². The summed E-state index contributed by atoms with van der Waals surface area (Å²) in [6.07, 6.45) is 2.10. The van der Waals surface area contributed by atoms with Crippen LogP contribution in [0, 0.1) is 39.9 Å².